The third-order valence-corrected chi connectivity index (χ3v) is 4.40. The number of hydrogen-bond acceptors (Lipinski definition) is 5. The minimum absolute atomic E-state index is 0.0372. The molecule has 140 valence electrons. The highest BCUT2D eigenvalue weighted by Crippen LogP contribution is 2.19. The largest absolute Gasteiger partial charge is 0.466 e. The molecular formula is C19H25N3O4. The molecule has 7 nitrogen and oxygen atoms in total. The molecule has 0 aliphatic carbocycles. The summed E-state index contributed by atoms with van der Waals surface area (Å²) in [5, 5.41) is 0.557. The van der Waals surface area contributed by atoms with E-state index in [9.17, 15) is 14.4 Å². The summed E-state index contributed by atoms with van der Waals surface area (Å²) < 4.78 is 6.44. The van der Waals surface area contributed by atoms with Crippen LogP contribution >= 0.6 is 0 Å². The molecule has 0 N–H and O–H groups in total. The molecule has 0 bridgehead atoms. The number of carbonyl (C=O) groups excluding carboxylic acids is 2. The lowest BCUT2D eigenvalue weighted by Gasteiger charge is -2.26. The molecule has 0 spiro atoms. The first kappa shape index (κ1) is 19.6. The fourth-order valence-electron chi connectivity index (χ4n) is 2.82. The molecule has 2 aromatic rings. The van der Waals surface area contributed by atoms with Crippen molar-refractivity contribution in [3.05, 3.63) is 40.4 Å². The van der Waals surface area contributed by atoms with E-state index in [1.165, 1.54) is 4.90 Å². The topological polar surface area (TPSA) is 81.5 Å². The molecule has 1 heterocycles. The van der Waals surface area contributed by atoms with Crippen LogP contribution in [0.2, 0.25) is 0 Å². The van der Waals surface area contributed by atoms with Crippen LogP contribution in [0.1, 0.15) is 45.5 Å². The number of ether oxygens (including phenoxy) is 1. The lowest BCUT2D eigenvalue weighted by atomic mass is 10.2. The molecule has 1 unspecified atom stereocenters. The first-order valence-electron chi connectivity index (χ1n) is 8.81. The van der Waals surface area contributed by atoms with E-state index in [2.05, 4.69) is 4.98 Å². The van der Waals surface area contributed by atoms with Crippen LogP contribution in [0.25, 0.3) is 10.9 Å². The van der Waals surface area contributed by atoms with Gasteiger partial charge in [0.1, 0.15) is 5.82 Å². The number of rotatable bonds is 7. The molecule has 1 amide bonds. The van der Waals surface area contributed by atoms with Gasteiger partial charge in [0.2, 0.25) is 5.91 Å². The van der Waals surface area contributed by atoms with Crippen molar-refractivity contribution >= 4 is 22.8 Å². The smallest absolute Gasteiger partial charge is 0.306 e. The zero-order valence-electron chi connectivity index (χ0n) is 15.7. The molecule has 0 aliphatic heterocycles. The van der Waals surface area contributed by atoms with Crippen molar-refractivity contribution in [2.75, 3.05) is 13.7 Å². The number of aromatic nitrogens is 2. The summed E-state index contributed by atoms with van der Waals surface area (Å²) >= 11 is 0. The van der Waals surface area contributed by atoms with Gasteiger partial charge in [-0.25, -0.2) is 4.98 Å². The lowest BCUT2D eigenvalue weighted by Crippen LogP contribution is -2.35. The van der Waals surface area contributed by atoms with E-state index in [0.717, 1.165) is 0 Å². The Bertz CT molecular complexity index is 859. The second-order valence-electron chi connectivity index (χ2n) is 6.02. The van der Waals surface area contributed by atoms with Gasteiger partial charge in [0.05, 0.1) is 30.0 Å². The Morgan fingerprint density at radius 2 is 1.92 bits per heavy atom. The summed E-state index contributed by atoms with van der Waals surface area (Å²) in [5.74, 6) is -0.0602. The van der Waals surface area contributed by atoms with Crippen LogP contribution in [-0.2, 0) is 20.9 Å². The minimum atomic E-state index is -0.401. The van der Waals surface area contributed by atoms with Gasteiger partial charge < -0.3 is 9.64 Å². The van der Waals surface area contributed by atoms with Crippen molar-refractivity contribution in [1.29, 1.82) is 0 Å². The fourth-order valence-corrected chi connectivity index (χ4v) is 2.82. The van der Waals surface area contributed by atoms with Crippen molar-refractivity contribution in [3.8, 4) is 0 Å². The van der Waals surface area contributed by atoms with E-state index in [1.807, 2.05) is 19.9 Å². The van der Waals surface area contributed by atoms with Gasteiger partial charge in [-0.05, 0) is 32.9 Å². The number of benzene rings is 1. The molecule has 7 heteroatoms. The second kappa shape index (κ2) is 8.60. The summed E-state index contributed by atoms with van der Waals surface area (Å²) in [5.41, 5.74) is 0.490. The zero-order chi connectivity index (χ0) is 19.3. The summed E-state index contributed by atoms with van der Waals surface area (Å²) in [4.78, 5) is 42.7. The first-order chi connectivity index (χ1) is 12.4. The maximum atomic E-state index is 12.7. The quantitative estimate of drug-likeness (QED) is 0.709. The predicted molar refractivity (Wildman–Crippen MR) is 98.7 cm³/mol. The fraction of sp³-hybridized carbons (Fsp3) is 0.474. The molecule has 26 heavy (non-hydrogen) atoms. The monoisotopic (exact) mass is 359 g/mol. The number of esters is 1. The number of hydrogen-bond donors (Lipinski definition) is 0. The number of amides is 1. The maximum Gasteiger partial charge on any atom is 0.306 e. The van der Waals surface area contributed by atoms with Gasteiger partial charge in [-0.3, -0.25) is 19.0 Å². The van der Waals surface area contributed by atoms with Gasteiger partial charge >= 0.3 is 5.97 Å². The Labute approximate surface area is 152 Å². The molecule has 1 aromatic carbocycles. The Balaban J connectivity index is 2.27. The van der Waals surface area contributed by atoms with Crippen molar-refractivity contribution in [3.63, 3.8) is 0 Å². The first-order valence-corrected chi connectivity index (χ1v) is 8.81. The highest BCUT2D eigenvalue weighted by Gasteiger charge is 2.23. The van der Waals surface area contributed by atoms with Gasteiger partial charge in [0.25, 0.3) is 5.56 Å². The van der Waals surface area contributed by atoms with Crippen molar-refractivity contribution in [2.45, 2.75) is 46.2 Å². The van der Waals surface area contributed by atoms with Crippen molar-refractivity contribution in [2.24, 2.45) is 0 Å². The Morgan fingerprint density at radius 1 is 1.23 bits per heavy atom. The van der Waals surface area contributed by atoms with E-state index in [1.54, 1.807) is 36.7 Å². The van der Waals surface area contributed by atoms with E-state index >= 15 is 0 Å². The van der Waals surface area contributed by atoms with Gasteiger partial charge in [0.15, 0.2) is 0 Å². The van der Waals surface area contributed by atoms with E-state index in [4.69, 9.17) is 4.74 Å². The summed E-state index contributed by atoms with van der Waals surface area (Å²) in [7, 11) is 1.65. The van der Waals surface area contributed by atoms with E-state index in [0.29, 0.717) is 29.9 Å². The van der Waals surface area contributed by atoms with Crippen molar-refractivity contribution < 1.29 is 14.3 Å². The molecule has 0 aliphatic rings. The van der Waals surface area contributed by atoms with E-state index < -0.39 is 12.0 Å². The Hall–Kier alpha value is -2.70. The molecule has 0 fully saturated rings. The van der Waals surface area contributed by atoms with E-state index in [-0.39, 0.29) is 24.3 Å². The SMILES string of the molecule is CCOC(=O)CCC(=O)N(C)C(C)c1nc2ccccc2c(=O)n1CC. The van der Waals surface area contributed by atoms with Gasteiger partial charge in [-0.1, -0.05) is 12.1 Å². The second-order valence-corrected chi connectivity index (χ2v) is 6.02. The lowest BCUT2D eigenvalue weighted by molar-refractivity contribution is -0.145. The third-order valence-electron chi connectivity index (χ3n) is 4.40. The number of fused-ring (bicyclic) bond motifs is 1. The van der Waals surface area contributed by atoms with Crippen LogP contribution in [-0.4, -0.2) is 40.0 Å². The minimum Gasteiger partial charge on any atom is -0.466 e. The molecule has 0 saturated carbocycles. The molecule has 0 saturated heterocycles. The Morgan fingerprint density at radius 3 is 2.58 bits per heavy atom. The van der Waals surface area contributed by atoms with Crippen LogP contribution in [0.15, 0.2) is 29.1 Å². The van der Waals surface area contributed by atoms with Gasteiger partial charge in [-0.2, -0.15) is 0 Å². The van der Waals surface area contributed by atoms with Gasteiger partial charge in [-0.15, -0.1) is 0 Å². The van der Waals surface area contributed by atoms with Gasteiger partial charge in [0, 0.05) is 20.0 Å². The van der Waals surface area contributed by atoms with Crippen LogP contribution in [0.5, 0.6) is 0 Å². The molecule has 2 rings (SSSR count). The molecule has 0 radical (unpaired) electrons. The summed E-state index contributed by atoms with van der Waals surface area (Å²) in [6, 6.07) is 6.77. The Kier molecular flexibility index (Phi) is 6.49. The average Bonchev–Trinajstić information content (AvgIpc) is 2.65. The zero-order valence-corrected chi connectivity index (χ0v) is 15.7. The highest BCUT2D eigenvalue weighted by molar-refractivity contribution is 5.81. The summed E-state index contributed by atoms with van der Waals surface area (Å²) in [6.45, 7) is 6.18. The predicted octanol–water partition coefficient (Wildman–Crippen LogP) is 2.28. The highest BCUT2D eigenvalue weighted by atomic mass is 16.5. The normalized spacial score (nSPS) is 12.0. The van der Waals surface area contributed by atoms with Crippen LogP contribution in [0.4, 0.5) is 0 Å². The molecule has 1 atom stereocenters. The average molecular weight is 359 g/mol. The van der Waals surface area contributed by atoms with Crippen LogP contribution in [0, 0.1) is 0 Å². The number of nitrogens with zero attached hydrogens (tertiary/aromatic N) is 3. The van der Waals surface area contributed by atoms with Crippen LogP contribution < -0.4 is 5.56 Å². The summed E-state index contributed by atoms with van der Waals surface area (Å²) in [6.07, 6.45) is 0.0963. The third kappa shape index (κ3) is 4.09. The number of carbonyl (C=O) groups is 2. The standard InChI is InChI=1S/C19H25N3O4/c1-5-22-18(20-15-10-8-7-9-14(15)19(22)25)13(3)21(4)16(23)11-12-17(24)26-6-2/h7-10,13H,5-6,11-12H2,1-4H3. The van der Waals surface area contributed by atoms with Crippen molar-refractivity contribution in [1.82, 2.24) is 14.5 Å². The number of para-hydroxylation sites is 1. The van der Waals surface area contributed by atoms with Crippen LogP contribution in [0.3, 0.4) is 0 Å². The molecular weight excluding hydrogens is 334 g/mol. The molecule has 1 aromatic heterocycles. The maximum absolute atomic E-state index is 12.7.